The number of carbonyl (C=O) groups is 2. The molecule has 0 saturated carbocycles. The molecule has 0 radical (unpaired) electrons. The second-order valence-corrected chi connectivity index (χ2v) is 8.22. The van der Waals surface area contributed by atoms with E-state index < -0.39 is 0 Å². The summed E-state index contributed by atoms with van der Waals surface area (Å²) >= 11 is 1.30. The number of rotatable bonds is 7. The molecule has 4 rings (SSSR count). The van der Waals surface area contributed by atoms with Crippen LogP contribution in [0.5, 0.6) is 0 Å². The largest absolute Gasteiger partial charge is 0.370 e. The van der Waals surface area contributed by atoms with Crippen molar-refractivity contribution in [1.82, 2.24) is 10.3 Å². The van der Waals surface area contributed by atoms with E-state index in [0.29, 0.717) is 17.0 Å². The number of aromatic nitrogens is 1. The Hall–Kier alpha value is -3.32. The Kier molecular flexibility index (Phi) is 5.72. The third-order valence-corrected chi connectivity index (χ3v) is 6.10. The van der Waals surface area contributed by atoms with Crippen LogP contribution in [0.2, 0.25) is 0 Å². The van der Waals surface area contributed by atoms with Gasteiger partial charge in [0.15, 0.2) is 0 Å². The van der Waals surface area contributed by atoms with E-state index in [4.69, 9.17) is 0 Å². The van der Waals surface area contributed by atoms with Gasteiger partial charge in [-0.1, -0.05) is 12.1 Å². The highest BCUT2D eigenvalue weighted by Crippen LogP contribution is 2.39. The van der Waals surface area contributed by atoms with E-state index >= 15 is 0 Å². The first-order chi connectivity index (χ1) is 14.5. The Morgan fingerprint density at radius 2 is 2.10 bits per heavy atom. The van der Waals surface area contributed by atoms with Crippen molar-refractivity contribution in [3.05, 3.63) is 70.4 Å². The second-order valence-electron chi connectivity index (χ2n) is 7.17. The van der Waals surface area contributed by atoms with Crippen molar-refractivity contribution in [2.24, 2.45) is 0 Å². The molecule has 0 aliphatic carbocycles. The monoisotopic (exact) mass is 420 g/mol. The van der Waals surface area contributed by atoms with Crippen molar-refractivity contribution in [2.75, 3.05) is 29.9 Å². The van der Waals surface area contributed by atoms with Gasteiger partial charge in [-0.25, -0.2) is 0 Å². The van der Waals surface area contributed by atoms with Gasteiger partial charge in [-0.15, -0.1) is 11.3 Å². The van der Waals surface area contributed by atoms with Crippen molar-refractivity contribution in [2.45, 2.75) is 13.8 Å². The number of likely N-dealkylation sites (N-methyl/N-ethyl adjacent to an activating group) is 1. The van der Waals surface area contributed by atoms with Crippen LogP contribution in [0.4, 0.5) is 10.7 Å². The van der Waals surface area contributed by atoms with E-state index in [1.165, 1.54) is 16.9 Å². The number of hydrogen-bond donors (Lipinski definition) is 3. The summed E-state index contributed by atoms with van der Waals surface area (Å²) in [4.78, 5) is 30.8. The van der Waals surface area contributed by atoms with Crippen LogP contribution in [-0.4, -0.2) is 36.4 Å². The molecule has 0 saturated heterocycles. The zero-order valence-corrected chi connectivity index (χ0v) is 17.8. The SMILES string of the molecule is CCN(CCNC(=O)c1cc2c(s1)NC(=O)/C2=C\c1ccc[nH]1)c1cccc(C)c1. The Balaban J connectivity index is 1.41. The second kappa shape index (κ2) is 8.59. The molecule has 1 aromatic carbocycles. The van der Waals surface area contributed by atoms with Crippen LogP contribution in [-0.2, 0) is 4.79 Å². The summed E-state index contributed by atoms with van der Waals surface area (Å²) < 4.78 is 0. The Labute approximate surface area is 179 Å². The zero-order valence-electron chi connectivity index (χ0n) is 17.0. The predicted molar refractivity (Wildman–Crippen MR) is 123 cm³/mol. The lowest BCUT2D eigenvalue weighted by Gasteiger charge is -2.23. The van der Waals surface area contributed by atoms with Crippen molar-refractivity contribution < 1.29 is 9.59 Å². The van der Waals surface area contributed by atoms with Crippen molar-refractivity contribution >= 4 is 45.5 Å². The molecule has 6 nitrogen and oxygen atoms in total. The van der Waals surface area contributed by atoms with E-state index in [9.17, 15) is 9.59 Å². The number of benzene rings is 1. The summed E-state index contributed by atoms with van der Waals surface area (Å²) in [6.07, 6.45) is 3.61. The number of amides is 2. The van der Waals surface area contributed by atoms with Crippen LogP contribution in [0.1, 0.15) is 33.4 Å². The van der Waals surface area contributed by atoms with Gasteiger partial charge in [0.05, 0.1) is 10.5 Å². The molecule has 154 valence electrons. The van der Waals surface area contributed by atoms with Crippen LogP contribution in [0, 0.1) is 6.92 Å². The van der Waals surface area contributed by atoms with Crippen LogP contribution < -0.4 is 15.5 Å². The molecule has 3 aromatic rings. The molecular weight excluding hydrogens is 396 g/mol. The molecule has 0 atom stereocenters. The quantitative estimate of drug-likeness (QED) is 0.503. The Morgan fingerprint density at radius 1 is 1.23 bits per heavy atom. The lowest BCUT2D eigenvalue weighted by Crippen LogP contribution is -2.34. The molecule has 2 amide bonds. The molecular formula is C23H24N4O2S. The molecule has 0 bridgehead atoms. The highest BCUT2D eigenvalue weighted by molar-refractivity contribution is 7.18. The zero-order chi connectivity index (χ0) is 21.1. The first-order valence-corrected chi connectivity index (χ1v) is 10.8. The lowest BCUT2D eigenvalue weighted by molar-refractivity contribution is -0.110. The van der Waals surface area contributed by atoms with E-state index in [2.05, 4.69) is 52.6 Å². The third-order valence-electron chi connectivity index (χ3n) is 5.06. The number of nitrogens with zero attached hydrogens (tertiary/aromatic N) is 1. The fourth-order valence-corrected chi connectivity index (χ4v) is 4.49. The van der Waals surface area contributed by atoms with Crippen molar-refractivity contribution in [1.29, 1.82) is 0 Å². The first kappa shape index (κ1) is 20.0. The topological polar surface area (TPSA) is 77.2 Å². The van der Waals surface area contributed by atoms with Gasteiger partial charge in [-0.05, 0) is 55.8 Å². The maximum Gasteiger partial charge on any atom is 0.261 e. The van der Waals surface area contributed by atoms with E-state index in [-0.39, 0.29) is 11.8 Å². The van der Waals surface area contributed by atoms with Gasteiger partial charge >= 0.3 is 0 Å². The van der Waals surface area contributed by atoms with Gasteiger partial charge in [-0.3, -0.25) is 9.59 Å². The molecule has 0 unspecified atom stereocenters. The number of thiophene rings is 1. The minimum Gasteiger partial charge on any atom is -0.370 e. The predicted octanol–water partition coefficient (Wildman–Crippen LogP) is 4.13. The van der Waals surface area contributed by atoms with Crippen LogP contribution in [0.25, 0.3) is 11.6 Å². The fourth-order valence-electron chi connectivity index (χ4n) is 3.51. The number of anilines is 2. The van der Waals surface area contributed by atoms with Crippen molar-refractivity contribution in [3.63, 3.8) is 0 Å². The number of aromatic amines is 1. The molecule has 7 heteroatoms. The van der Waals surface area contributed by atoms with Gasteiger partial charge in [-0.2, -0.15) is 0 Å². The highest BCUT2D eigenvalue weighted by atomic mass is 32.1. The normalized spacial score (nSPS) is 13.9. The Bertz CT molecular complexity index is 1100. The van der Waals surface area contributed by atoms with Crippen LogP contribution in [0.3, 0.4) is 0 Å². The van der Waals surface area contributed by atoms with Gasteiger partial charge in [0.2, 0.25) is 0 Å². The minimum atomic E-state index is -0.144. The van der Waals surface area contributed by atoms with Crippen LogP contribution in [0.15, 0.2) is 48.7 Å². The molecule has 30 heavy (non-hydrogen) atoms. The summed E-state index contributed by atoms with van der Waals surface area (Å²) in [6.45, 7) is 6.32. The summed E-state index contributed by atoms with van der Waals surface area (Å²) in [6, 6.07) is 13.9. The molecule has 0 spiro atoms. The average Bonchev–Trinajstić information content (AvgIpc) is 3.44. The fraction of sp³-hybridized carbons (Fsp3) is 0.217. The molecule has 2 aromatic heterocycles. The first-order valence-electron chi connectivity index (χ1n) is 9.95. The van der Waals surface area contributed by atoms with Gasteiger partial charge in [0.25, 0.3) is 11.8 Å². The highest BCUT2D eigenvalue weighted by Gasteiger charge is 2.28. The summed E-state index contributed by atoms with van der Waals surface area (Å²) in [7, 11) is 0. The number of fused-ring (bicyclic) bond motifs is 1. The van der Waals surface area contributed by atoms with E-state index in [1.54, 1.807) is 12.1 Å². The molecule has 1 aliphatic rings. The van der Waals surface area contributed by atoms with Gasteiger partial charge in [0, 0.05) is 42.8 Å². The maximum absolute atomic E-state index is 12.7. The number of hydrogen-bond acceptors (Lipinski definition) is 4. The maximum atomic E-state index is 12.7. The van der Waals surface area contributed by atoms with Crippen molar-refractivity contribution in [3.8, 4) is 0 Å². The standard InChI is InChI=1S/C23H24N4O2S/c1-3-27(17-8-4-6-15(2)12-17)11-10-25-22(29)20-14-19-18(13-16-7-5-9-24-16)21(28)26-23(19)30-20/h4-9,12-14,24H,3,10-11H2,1-2H3,(H,25,29)(H,26,28)/b18-13-. The summed E-state index contributed by atoms with van der Waals surface area (Å²) in [5.74, 6) is -0.266. The summed E-state index contributed by atoms with van der Waals surface area (Å²) in [5, 5.41) is 6.57. The third kappa shape index (κ3) is 4.16. The molecule has 3 N–H and O–H groups in total. The molecule has 1 aliphatic heterocycles. The smallest absolute Gasteiger partial charge is 0.261 e. The van der Waals surface area contributed by atoms with E-state index in [0.717, 1.165) is 35.0 Å². The van der Waals surface area contributed by atoms with Gasteiger partial charge < -0.3 is 20.5 Å². The lowest BCUT2D eigenvalue weighted by atomic mass is 10.1. The number of nitrogens with one attached hydrogen (secondary N) is 3. The van der Waals surface area contributed by atoms with Gasteiger partial charge in [0.1, 0.15) is 5.00 Å². The molecule has 0 fully saturated rings. The number of H-pyrrole nitrogens is 1. The minimum absolute atomic E-state index is 0.122. The molecule has 3 heterocycles. The number of aryl methyl sites for hydroxylation is 1. The average molecular weight is 421 g/mol. The van der Waals surface area contributed by atoms with E-state index in [1.807, 2.05) is 24.4 Å². The number of carbonyl (C=O) groups excluding carboxylic acids is 2. The van der Waals surface area contributed by atoms with Crippen LogP contribution >= 0.6 is 11.3 Å². The summed E-state index contributed by atoms with van der Waals surface area (Å²) in [5.41, 5.74) is 4.57. The Morgan fingerprint density at radius 3 is 2.83 bits per heavy atom.